The Kier molecular flexibility index (Phi) is 2.20. The standard InChI is InChI=1S/C10H15N3O/c1-12(2)10-7-5-13(6-8(7)10)9(14)3-4-11/h7-8,10H,3,5-6H2,1-2H3. The van der Waals surface area contributed by atoms with Gasteiger partial charge in [-0.1, -0.05) is 0 Å². The lowest BCUT2D eigenvalue weighted by Gasteiger charge is -2.21. The second-order valence-corrected chi connectivity index (χ2v) is 4.42. The third-order valence-electron chi connectivity index (χ3n) is 3.33. The number of likely N-dealkylation sites (tertiary alicyclic amines) is 1. The molecule has 0 aromatic rings. The van der Waals surface area contributed by atoms with Crippen molar-refractivity contribution in [1.29, 1.82) is 5.26 Å². The van der Waals surface area contributed by atoms with Gasteiger partial charge in [-0.15, -0.1) is 0 Å². The van der Waals surface area contributed by atoms with E-state index >= 15 is 0 Å². The predicted molar refractivity (Wildman–Crippen MR) is 51.3 cm³/mol. The van der Waals surface area contributed by atoms with Crippen LogP contribution in [0.25, 0.3) is 0 Å². The molecule has 0 aromatic heterocycles. The summed E-state index contributed by atoms with van der Waals surface area (Å²) in [4.78, 5) is 15.4. The lowest BCUT2D eigenvalue weighted by atomic mass is 10.3. The summed E-state index contributed by atoms with van der Waals surface area (Å²) in [5, 5.41) is 8.41. The van der Waals surface area contributed by atoms with E-state index in [1.54, 1.807) is 0 Å². The molecule has 0 N–H and O–H groups in total. The van der Waals surface area contributed by atoms with Crippen LogP contribution in [0, 0.1) is 23.2 Å². The molecule has 1 saturated heterocycles. The van der Waals surface area contributed by atoms with Crippen LogP contribution in [0.2, 0.25) is 0 Å². The molecule has 76 valence electrons. The molecule has 0 spiro atoms. The number of hydrogen-bond donors (Lipinski definition) is 0. The molecule has 2 unspecified atom stereocenters. The SMILES string of the molecule is CN(C)C1C2CN(C(=O)CC#N)CC21. The highest BCUT2D eigenvalue weighted by Crippen LogP contribution is 2.47. The first-order valence-corrected chi connectivity index (χ1v) is 4.96. The van der Waals surface area contributed by atoms with Crippen molar-refractivity contribution >= 4 is 5.91 Å². The Labute approximate surface area is 84.1 Å². The molecule has 2 fully saturated rings. The molecule has 1 saturated carbocycles. The Morgan fingerprint density at radius 1 is 1.50 bits per heavy atom. The number of rotatable bonds is 2. The number of nitrogens with zero attached hydrogens (tertiary/aromatic N) is 3. The Balaban J connectivity index is 1.85. The summed E-state index contributed by atoms with van der Waals surface area (Å²) in [6, 6.07) is 2.57. The minimum Gasteiger partial charge on any atom is -0.341 e. The van der Waals surface area contributed by atoms with Crippen molar-refractivity contribution in [3.05, 3.63) is 0 Å². The van der Waals surface area contributed by atoms with Gasteiger partial charge in [0.05, 0.1) is 6.07 Å². The number of piperidine rings is 1. The predicted octanol–water partition coefficient (Wildman–Crippen LogP) is -0.0815. The highest BCUT2D eigenvalue weighted by molar-refractivity contribution is 5.78. The minimum atomic E-state index is -0.00259. The smallest absolute Gasteiger partial charge is 0.236 e. The average Bonchev–Trinajstić information content (AvgIpc) is 2.63. The average molecular weight is 193 g/mol. The fourth-order valence-corrected chi connectivity index (χ4v) is 2.64. The summed E-state index contributed by atoms with van der Waals surface area (Å²) in [5.74, 6) is 1.32. The van der Waals surface area contributed by atoms with Crippen molar-refractivity contribution in [3.63, 3.8) is 0 Å². The third kappa shape index (κ3) is 1.38. The van der Waals surface area contributed by atoms with Crippen molar-refractivity contribution < 1.29 is 4.79 Å². The molecule has 14 heavy (non-hydrogen) atoms. The lowest BCUT2D eigenvalue weighted by Crippen LogP contribution is -2.34. The largest absolute Gasteiger partial charge is 0.341 e. The maximum atomic E-state index is 11.4. The summed E-state index contributed by atoms with van der Waals surface area (Å²) in [6.07, 6.45) is 0.0338. The van der Waals surface area contributed by atoms with Crippen LogP contribution in [0.1, 0.15) is 6.42 Å². The van der Waals surface area contributed by atoms with Gasteiger partial charge in [-0.3, -0.25) is 4.79 Å². The molecule has 1 heterocycles. The highest BCUT2D eigenvalue weighted by Gasteiger charge is 2.57. The van der Waals surface area contributed by atoms with Crippen LogP contribution >= 0.6 is 0 Å². The van der Waals surface area contributed by atoms with E-state index in [2.05, 4.69) is 19.0 Å². The summed E-state index contributed by atoms with van der Waals surface area (Å²) in [7, 11) is 4.18. The van der Waals surface area contributed by atoms with Gasteiger partial charge in [-0.05, 0) is 25.9 Å². The molecule has 0 bridgehead atoms. The van der Waals surface area contributed by atoms with E-state index in [-0.39, 0.29) is 12.3 Å². The molecule has 1 aliphatic heterocycles. The Bertz CT molecular complexity index is 282. The number of nitriles is 1. The van der Waals surface area contributed by atoms with E-state index in [4.69, 9.17) is 5.26 Å². The zero-order valence-electron chi connectivity index (χ0n) is 8.60. The number of amides is 1. The number of carbonyl (C=O) groups is 1. The summed E-state index contributed by atoms with van der Waals surface area (Å²) >= 11 is 0. The van der Waals surface area contributed by atoms with Crippen LogP contribution in [-0.4, -0.2) is 48.9 Å². The van der Waals surface area contributed by atoms with E-state index in [1.165, 1.54) is 0 Å². The molecule has 2 aliphatic rings. The van der Waals surface area contributed by atoms with Crippen molar-refractivity contribution in [2.24, 2.45) is 11.8 Å². The number of fused-ring (bicyclic) bond motifs is 1. The fraction of sp³-hybridized carbons (Fsp3) is 0.800. The van der Waals surface area contributed by atoms with Crippen molar-refractivity contribution in [2.45, 2.75) is 12.5 Å². The first kappa shape index (κ1) is 9.47. The van der Waals surface area contributed by atoms with Gasteiger partial charge >= 0.3 is 0 Å². The maximum Gasteiger partial charge on any atom is 0.236 e. The molecular weight excluding hydrogens is 178 g/mol. The van der Waals surface area contributed by atoms with Crippen LogP contribution in [0.3, 0.4) is 0 Å². The molecule has 4 heteroatoms. The van der Waals surface area contributed by atoms with Crippen LogP contribution < -0.4 is 0 Å². The van der Waals surface area contributed by atoms with Gasteiger partial charge in [0.1, 0.15) is 6.42 Å². The topological polar surface area (TPSA) is 47.3 Å². The van der Waals surface area contributed by atoms with Crippen LogP contribution in [0.15, 0.2) is 0 Å². The van der Waals surface area contributed by atoms with Crippen LogP contribution in [0.4, 0.5) is 0 Å². The van der Waals surface area contributed by atoms with Gasteiger partial charge in [0.25, 0.3) is 0 Å². The molecule has 0 aromatic carbocycles. The van der Waals surface area contributed by atoms with Gasteiger partial charge in [-0.25, -0.2) is 0 Å². The second-order valence-electron chi connectivity index (χ2n) is 4.42. The van der Waals surface area contributed by atoms with E-state index in [1.807, 2.05) is 11.0 Å². The van der Waals surface area contributed by atoms with Gasteiger partial charge in [0.15, 0.2) is 0 Å². The quantitative estimate of drug-likeness (QED) is 0.616. The summed E-state index contributed by atoms with van der Waals surface area (Å²) in [6.45, 7) is 1.71. The molecule has 4 nitrogen and oxygen atoms in total. The minimum absolute atomic E-state index is 0.00259. The Morgan fingerprint density at radius 2 is 2.07 bits per heavy atom. The molecule has 2 atom stereocenters. The van der Waals surface area contributed by atoms with E-state index in [0.29, 0.717) is 17.9 Å². The van der Waals surface area contributed by atoms with Crippen LogP contribution in [-0.2, 0) is 4.79 Å². The maximum absolute atomic E-state index is 11.4. The Morgan fingerprint density at radius 3 is 2.50 bits per heavy atom. The summed E-state index contributed by atoms with van der Waals surface area (Å²) in [5.41, 5.74) is 0. The number of hydrogen-bond acceptors (Lipinski definition) is 3. The van der Waals surface area contributed by atoms with E-state index in [0.717, 1.165) is 13.1 Å². The molecule has 1 amide bonds. The number of carbonyl (C=O) groups excluding carboxylic acids is 1. The Hall–Kier alpha value is -1.08. The second kappa shape index (κ2) is 3.25. The van der Waals surface area contributed by atoms with Gasteiger partial charge in [0.2, 0.25) is 5.91 Å². The molecular formula is C10H15N3O. The van der Waals surface area contributed by atoms with Crippen molar-refractivity contribution in [3.8, 4) is 6.07 Å². The molecule has 0 radical (unpaired) electrons. The molecule has 1 aliphatic carbocycles. The van der Waals surface area contributed by atoms with Gasteiger partial charge < -0.3 is 9.80 Å². The summed E-state index contributed by atoms with van der Waals surface area (Å²) < 4.78 is 0. The fourth-order valence-electron chi connectivity index (χ4n) is 2.64. The van der Waals surface area contributed by atoms with E-state index in [9.17, 15) is 4.79 Å². The van der Waals surface area contributed by atoms with Crippen molar-refractivity contribution in [2.75, 3.05) is 27.2 Å². The first-order valence-electron chi connectivity index (χ1n) is 4.96. The van der Waals surface area contributed by atoms with E-state index < -0.39 is 0 Å². The van der Waals surface area contributed by atoms with Gasteiger partial charge in [-0.2, -0.15) is 5.26 Å². The zero-order valence-corrected chi connectivity index (χ0v) is 8.60. The lowest BCUT2D eigenvalue weighted by molar-refractivity contribution is -0.129. The highest BCUT2D eigenvalue weighted by atomic mass is 16.2. The van der Waals surface area contributed by atoms with Crippen molar-refractivity contribution in [1.82, 2.24) is 9.80 Å². The third-order valence-corrected chi connectivity index (χ3v) is 3.33. The molecule has 2 rings (SSSR count). The van der Waals surface area contributed by atoms with Crippen LogP contribution in [0.5, 0.6) is 0 Å². The first-order chi connectivity index (χ1) is 6.65. The van der Waals surface area contributed by atoms with Gasteiger partial charge in [0, 0.05) is 19.1 Å². The normalized spacial score (nSPS) is 34.1. The monoisotopic (exact) mass is 193 g/mol. The zero-order chi connectivity index (χ0) is 10.3.